The summed E-state index contributed by atoms with van der Waals surface area (Å²) in [6.07, 6.45) is 0.605. The number of nitrogens with one attached hydrogen (secondary N) is 2. The van der Waals surface area contributed by atoms with Gasteiger partial charge in [0.15, 0.2) is 9.84 Å². The Morgan fingerprint density at radius 3 is 2.22 bits per heavy atom. The maximum atomic E-state index is 12.7. The maximum absolute atomic E-state index is 12.7. The van der Waals surface area contributed by atoms with E-state index in [1.54, 1.807) is 36.4 Å². The minimum absolute atomic E-state index is 0.0270. The van der Waals surface area contributed by atoms with Gasteiger partial charge in [-0.15, -0.1) is 11.8 Å². The maximum Gasteiger partial charge on any atom is 0.256 e. The first-order valence-corrected chi connectivity index (χ1v) is 11.2. The summed E-state index contributed by atoms with van der Waals surface area (Å²) in [5.41, 5.74) is 1.77. The Morgan fingerprint density at radius 1 is 1.00 bits per heavy atom. The monoisotopic (exact) mass is 404 g/mol. The third-order valence-corrected chi connectivity index (χ3v) is 7.40. The van der Waals surface area contributed by atoms with Crippen molar-refractivity contribution < 1.29 is 18.0 Å². The van der Waals surface area contributed by atoms with Gasteiger partial charge in [-0.1, -0.05) is 12.1 Å². The number of rotatable bonds is 5. The molecule has 142 valence electrons. The molecule has 1 atom stereocenters. The molecule has 2 aromatic carbocycles. The van der Waals surface area contributed by atoms with Gasteiger partial charge in [-0.05, 0) is 42.8 Å². The second kappa shape index (κ2) is 8.14. The van der Waals surface area contributed by atoms with Crippen LogP contribution in [0.3, 0.4) is 0 Å². The molecule has 2 amide bonds. The van der Waals surface area contributed by atoms with E-state index in [2.05, 4.69) is 10.6 Å². The average Bonchev–Trinajstić information content (AvgIpc) is 2.95. The Bertz CT molecular complexity index is 956. The lowest BCUT2D eigenvalue weighted by molar-refractivity contribution is -0.114. The van der Waals surface area contributed by atoms with E-state index < -0.39 is 9.84 Å². The molecule has 1 aliphatic rings. The van der Waals surface area contributed by atoms with Crippen LogP contribution in [0, 0.1) is 0 Å². The molecule has 2 aromatic rings. The van der Waals surface area contributed by atoms with E-state index in [9.17, 15) is 18.0 Å². The van der Waals surface area contributed by atoms with Gasteiger partial charge < -0.3 is 10.6 Å². The minimum Gasteiger partial charge on any atom is -0.326 e. The van der Waals surface area contributed by atoms with Gasteiger partial charge in [0.2, 0.25) is 5.91 Å². The highest BCUT2D eigenvalue weighted by Crippen LogP contribution is 2.33. The van der Waals surface area contributed by atoms with Crippen LogP contribution >= 0.6 is 11.8 Å². The average molecular weight is 405 g/mol. The summed E-state index contributed by atoms with van der Waals surface area (Å²) in [6.45, 7) is 1.43. The van der Waals surface area contributed by atoms with Crippen molar-refractivity contribution in [1.82, 2.24) is 0 Å². The summed E-state index contributed by atoms with van der Waals surface area (Å²) in [5, 5.41) is 5.48. The van der Waals surface area contributed by atoms with Crippen LogP contribution in [0.15, 0.2) is 53.4 Å². The lowest BCUT2D eigenvalue weighted by atomic mass is 10.2. The first kappa shape index (κ1) is 19.4. The van der Waals surface area contributed by atoms with Crippen molar-refractivity contribution in [3.63, 3.8) is 0 Å². The van der Waals surface area contributed by atoms with E-state index in [0.717, 1.165) is 4.90 Å². The number of hydrogen-bond donors (Lipinski definition) is 2. The quantitative estimate of drug-likeness (QED) is 0.798. The van der Waals surface area contributed by atoms with Crippen molar-refractivity contribution in [2.45, 2.75) is 23.5 Å². The molecule has 1 heterocycles. The molecule has 8 heteroatoms. The van der Waals surface area contributed by atoms with Crippen LogP contribution in [-0.4, -0.2) is 37.0 Å². The number of hydrogen-bond acceptors (Lipinski definition) is 5. The number of sulfone groups is 1. The lowest BCUT2D eigenvalue weighted by Crippen LogP contribution is -2.14. The zero-order valence-corrected chi connectivity index (χ0v) is 16.4. The predicted octanol–water partition coefficient (Wildman–Crippen LogP) is 3.18. The fourth-order valence-electron chi connectivity index (χ4n) is 2.83. The third-order valence-electron chi connectivity index (χ3n) is 4.08. The summed E-state index contributed by atoms with van der Waals surface area (Å²) < 4.78 is 23.3. The summed E-state index contributed by atoms with van der Waals surface area (Å²) in [5.74, 6) is -0.0596. The highest BCUT2D eigenvalue weighted by atomic mass is 32.2. The Kier molecular flexibility index (Phi) is 5.86. The number of carbonyl (C=O) groups is 2. The molecule has 1 fully saturated rings. The molecule has 2 N–H and O–H groups in total. The number of thioether (sulfide) groups is 1. The Labute approximate surface area is 162 Å². The molecule has 6 nitrogen and oxygen atoms in total. The van der Waals surface area contributed by atoms with Crippen molar-refractivity contribution in [1.29, 1.82) is 0 Å². The third kappa shape index (κ3) is 5.33. The molecule has 27 heavy (non-hydrogen) atoms. The fraction of sp³-hybridized carbons (Fsp3) is 0.263. The molecule has 0 radical (unpaired) electrons. The molecular weight excluding hydrogens is 384 g/mol. The van der Waals surface area contributed by atoms with Gasteiger partial charge in [0.1, 0.15) is 0 Å². The van der Waals surface area contributed by atoms with Crippen LogP contribution in [0.2, 0.25) is 0 Å². The zero-order chi connectivity index (χ0) is 19.4. The van der Waals surface area contributed by atoms with Gasteiger partial charge in [0, 0.05) is 28.4 Å². The van der Waals surface area contributed by atoms with E-state index in [4.69, 9.17) is 0 Å². The van der Waals surface area contributed by atoms with Crippen molar-refractivity contribution in [2.75, 3.05) is 22.1 Å². The SMILES string of the molecule is CC(=O)Nc1ccc(NC(=O)c2ccccc2S[C@H]2CCS(=O)(=O)C2)cc1. The van der Waals surface area contributed by atoms with Crippen molar-refractivity contribution in [3.8, 4) is 0 Å². The Hall–Kier alpha value is -2.32. The normalized spacial score (nSPS) is 18.0. The van der Waals surface area contributed by atoms with Crippen LogP contribution in [0.25, 0.3) is 0 Å². The summed E-state index contributed by atoms with van der Waals surface area (Å²) in [6, 6.07) is 14.0. The molecule has 0 aromatic heterocycles. The van der Waals surface area contributed by atoms with Crippen molar-refractivity contribution in [3.05, 3.63) is 54.1 Å². The summed E-state index contributed by atoms with van der Waals surface area (Å²) in [4.78, 5) is 24.5. The number of benzene rings is 2. The van der Waals surface area contributed by atoms with E-state index in [1.165, 1.54) is 18.7 Å². The molecule has 1 saturated heterocycles. The van der Waals surface area contributed by atoms with Gasteiger partial charge in [0.25, 0.3) is 5.91 Å². The van der Waals surface area contributed by atoms with Crippen LogP contribution in [-0.2, 0) is 14.6 Å². The van der Waals surface area contributed by atoms with Gasteiger partial charge in [0.05, 0.1) is 17.1 Å². The van der Waals surface area contributed by atoms with Gasteiger partial charge in [-0.25, -0.2) is 8.42 Å². The van der Waals surface area contributed by atoms with Gasteiger partial charge in [-0.2, -0.15) is 0 Å². The summed E-state index contributed by atoms with van der Waals surface area (Å²) >= 11 is 1.44. The minimum atomic E-state index is -2.96. The number of carbonyl (C=O) groups excluding carboxylic acids is 2. The molecule has 0 saturated carbocycles. The topological polar surface area (TPSA) is 92.3 Å². The Morgan fingerprint density at radius 2 is 1.63 bits per heavy atom. The van der Waals surface area contributed by atoms with E-state index in [0.29, 0.717) is 23.4 Å². The smallest absolute Gasteiger partial charge is 0.256 e. The predicted molar refractivity (Wildman–Crippen MR) is 108 cm³/mol. The highest BCUT2D eigenvalue weighted by molar-refractivity contribution is 8.02. The van der Waals surface area contributed by atoms with Crippen LogP contribution < -0.4 is 10.6 Å². The van der Waals surface area contributed by atoms with Crippen molar-refractivity contribution in [2.24, 2.45) is 0 Å². The van der Waals surface area contributed by atoms with Gasteiger partial charge >= 0.3 is 0 Å². The molecule has 1 aliphatic heterocycles. The first-order chi connectivity index (χ1) is 12.8. The number of amides is 2. The second-order valence-electron chi connectivity index (χ2n) is 6.35. The first-order valence-electron chi connectivity index (χ1n) is 8.47. The molecule has 3 rings (SSSR count). The second-order valence-corrected chi connectivity index (χ2v) is 9.92. The van der Waals surface area contributed by atoms with E-state index in [1.807, 2.05) is 12.1 Å². The zero-order valence-electron chi connectivity index (χ0n) is 14.8. The molecule has 0 spiro atoms. The van der Waals surface area contributed by atoms with Crippen LogP contribution in [0.5, 0.6) is 0 Å². The fourth-order valence-corrected chi connectivity index (χ4v) is 6.46. The molecule has 0 aliphatic carbocycles. The Balaban J connectivity index is 1.70. The number of anilines is 2. The lowest BCUT2D eigenvalue weighted by Gasteiger charge is -2.13. The van der Waals surface area contributed by atoms with Gasteiger partial charge in [-0.3, -0.25) is 9.59 Å². The highest BCUT2D eigenvalue weighted by Gasteiger charge is 2.29. The van der Waals surface area contributed by atoms with E-state index in [-0.39, 0.29) is 28.6 Å². The molecule has 0 unspecified atom stereocenters. The standard InChI is InChI=1S/C19H20N2O4S2/c1-13(22)20-14-6-8-15(9-7-14)21-19(23)17-4-2-3-5-18(17)26-16-10-11-27(24,25)12-16/h2-9,16H,10-12H2,1H3,(H,20,22)(H,21,23)/t16-/m0/s1. The molecular formula is C19H20N2O4S2. The van der Waals surface area contributed by atoms with Crippen LogP contribution in [0.4, 0.5) is 11.4 Å². The van der Waals surface area contributed by atoms with Crippen molar-refractivity contribution >= 4 is 44.8 Å². The van der Waals surface area contributed by atoms with E-state index >= 15 is 0 Å². The van der Waals surface area contributed by atoms with Crippen LogP contribution in [0.1, 0.15) is 23.7 Å². The summed E-state index contributed by atoms with van der Waals surface area (Å²) in [7, 11) is -2.96. The largest absolute Gasteiger partial charge is 0.326 e. The molecule has 0 bridgehead atoms.